The summed E-state index contributed by atoms with van der Waals surface area (Å²) in [7, 11) is 3.50. The molecule has 1 aromatic carbocycles. The van der Waals surface area contributed by atoms with Crippen LogP contribution in [0.4, 0.5) is 0 Å². The molecule has 0 fully saturated rings. The minimum absolute atomic E-state index is 0.00719. The second-order valence-electron chi connectivity index (χ2n) is 4.46. The zero-order valence-corrected chi connectivity index (χ0v) is 11.6. The van der Waals surface area contributed by atoms with Crippen LogP contribution in [0.2, 0.25) is 5.15 Å². The maximum atomic E-state index is 11.0. The first-order chi connectivity index (χ1) is 9.49. The number of rotatable bonds is 2. The van der Waals surface area contributed by atoms with Crippen LogP contribution in [-0.4, -0.2) is 30.6 Å². The van der Waals surface area contributed by atoms with E-state index in [9.17, 15) is 4.79 Å². The van der Waals surface area contributed by atoms with Crippen LogP contribution >= 0.6 is 11.6 Å². The summed E-state index contributed by atoms with van der Waals surface area (Å²) in [4.78, 5) is 11.0. The van der Waals surface area contributed by atoms with E-state index in [1.807, 2.05) is 18.2 Å². The molecule has 0 aliphatic rings. The molecule has 0 aliphatic heterocycles. The minimum atomic E-state index is -1.05. The van der Waals surface area contributed by atoms with Crippen molar-refractivity contribution >= 4 is 28.5 Å². The van der Waals surface area contributed by atoms with Gasteiger partial charge in [0.1, 0.15) is 0 Å². The van der Waals surface area contributed by atoms with Gasteiger partial charge in [-0.25, -0.2) is 4.79 Å². The molecule has 1 N–H and O–H groups in total. The van der Waals surface area contributed by atoms with Gasteiger partial charge in [-0.2, -0.15) is 10.2 Å². The van der Waals surface area contributed by atoms with Crippen molar-refractivity contribution in [2.75, 3.05) is 0 Å². The Kier molecular flexibility index (Phi) is 2.76. The lowest BCUT2D eigenvalue weighted by Gasteiger charge is -2.05. The average Bonchev–Trinajstić information content (AvgIpc) is 2.92. The van der Waals surface area contributed by atoms with E-state index in [0.29, 0.717) is 10.8 Å². The average molecular weight is 291 g/mol. The Balaban J connectivity index is 2.32. The number of carbonyl (C=O) groups is 1. The van der Waals surface area contributed by atoms with Crippen molar-refractivity contribution in [1.82, 2.24) is 19.6 Å². The first kappa shape index (κ1) is 12.7. The standard InChI is InChI=1S/C13H11ClN4O2/c1-17-10(6-9(15-17)13(19)20)7-4-3-5-8-11(7)18(2)16-12(8)14/h3-6H,1-2H3,(H,19,20). The van der Waals surface area contributed by atoms with Crippen LogP contribution in [0.15, 0.2) is 24.3 Å². The summed E-state index contributed by atoms with van der Waals surface area (Å²) >= 11 is 6.08. The Labute approximate surface area is 119 Å². The number of carboxylic acids is 1. The Bertz CT molecular complexity index is 834. The zero-order chi connectivity index (χ0) is 14.4. The SMILES string of the molecule is Cn1nc(C(=O)O)cc1-c1cccc2c(Cl)nn(C)c12. The summed E-state index contributed by atoms with van der Waals surface area (Å²) in [5, 5.41) is 18.4. The highest BCUT2D eigenvalue weighted by molar-refractivity contribution is 6.34. The number of para-hydroxylation sites is 1. The molecule has 2 heterocycles. The van der Waals surface area contributed by atoms with E-state index in [0.717, 1.165) is 16.5 Å². The van der Waals surface area contributed by atoms with Crippen molar-refractivity contribution in [3.8, 4) is 11.3 Å². The van der Waals surface area contributed by atoms with Crippen LogP contribution in [0.3, 0.4) is 0 Å². The summed E-state index contributed by atoms with van der Waals surface area (Å²) in [5.41, 5.74) is 2.39. The highest BCUT2D eigenvalue weighted by atomic mass is 35.5. The van der Waals surface area contributed by atoms with Crippen molar-refractivity contribution in [2.24, 2.45) is 14.1 Å². The number of aromatic carboxylic acids is 1. The molecule has 102 valence electrons. The second kappa shape index (κ2) is 4.35. The molecule has 2 aromatic heterocycles. The molecule has 20 heavy (non-hydrogen) atoms. The van der Waals surface area contributed by atoms with Crippen LogP contribution in [-0.2, 0) is 14.1 Å². The number of hydrogen-bond donors (Lipinski definition) is 1. The third kappa shape index (κ3) is 1.77. The van der Waals surface area contributed by atoms with E-state index in [1.54, 1.807) is 23.5 Å². The molecule has 6 nitrogen and oxygen atoms in total. The predicted molar refractivity (Wildman–Crippen MR) is 74.9 cm³/mol. The number of benzene rings is 1. The normalized spacial score (nSPS) is 11.2. The van der Waals surface area contributed by atoms with Gasteiger partial charge in [0, 0.05) is 25.0 Å². The highest BCUT2D eigenvalue weighted by Gasteiger charge is 2.17. The number of aryl methyl sites for hydroxylation is 2. The molecular formula is C13H11ClN4O2. The number of hydrogen-bond acceptors (Lipinski definition) is 3. The second-order valence-corrected chi connectivity index (χ2v) is 4.82. The molecule has 3 rings (SSSR count). The molecule has 7 heteroatoms. The first-order valence-electron chi connectivity index (χ1n) is 5.88. The maximum Gasteiger partial charge on any atom is 0.356 e. The monoisotopic (exact) mass is 290 g/mol. The van der Waals surface area contributed by atoms with Gasteiger partial charge in [0.15, 0.2) is 10.8 Å². The molecule has 0 aliphatic carbocycles. The number of carboxylic acid groups (broad SMARTS) is 1. The summed E-state index contributed by atoms with van der Waals surface area (Å²) in [6, 6.07) is 7.17. The fourth-order valence-electron chi connectivity index (χ4n) is 2.32. The van der Waals surface area contributed by atoms with Crippen molar-refractivity contribution < 1.29 is 9.90 Å². The number of aromatic nitrogens is 4. The van der Waals surface area contributed by atoms with Crippen molar-refractivity contribution in [2.45, 2.75) is 0 Å². The van der Waals surface area contributed by atoms with E-state index >= 15 is 0 Å². The molecule has 0 spiro atoms. The summed E-state index contributed by atoms with van der Waals surface area (Å²) in [6.07, 6.45) is 0. The Morgan fingerprint density at radius 2 is 2.00 bits per heavy atom. The quantitative estimate of drug-likeness (QED) is 0.786. The lowest BCUT2D eigenvalue weighted by atomic mass is 10.1. The molecule has 0 atom stereocenters. The van der Waals surface area contributed by atoms with Crippen LogP contribution < -0.4 is 0 Å². The number of nitrogens with zero attached hydrogens (tertiary/aromatic N) is 4. The third-order valence-corrected chi connectivity index (χ3v) is 3.47. The van der Waals surface area contributed by atoms with Gasteiger partial charge in [-0.05, 0) is 12.1 Å². The van der Waals surface area contributed by atoms with Crippen LogP contribution in [0.1, 0.15) is 10.5 Å². The highest BCUT2D eigenvalue weighted by Crippen LogP contribution is 2.31. The van der Waals surface area contributed by atoms with Crippen molar-refractivity contribution in [1.29, 1.82) is 0 Å². The fraction of sp³-hybridized carbons (Fsp3) is 0.154. The van der Waals surface area contributed by atoms with Crippen molar-refractivity contribution in [3.63, 3.8) is 0 Å². The molecule has 0 radical (unpaired) electrons. The number of halogens is 1. The van der Waals surface area contributed by atoms with Crippen molar-refractivity contribution in [3.05, 3.63) is 35.1 Å². The van der Waals surface area contributed by atoms with E-state index < -0.39 is 5.97 Å². The van der Waals surface area contributed by atoms with Gasteiger partial charge in [-0.15, -0.1) is 0 Å². The first-order valence-corrected chi connectivity index (χ1v) is 6.25. The molecule has 0 amide bonds. The molecule has 0 unspecified atom stereocenters. The van der Waals surface area contributed by atoms with Gasteiger partial charge in [-0.1, -0.05) is 23.7 Å². The third-order valence-electron chi connectivity index (χ3n) is 3.19. The van der Waals surface area contributed by atoms with Crippen LogP contribution in [0.5, 0.6) is 0 Å². The summed E-state index contributed by atoms with van der Waals surface area (Å²) in [6.45, 7) is 0. The lowest BCUT2D eigenvalue weighted by Crippen LogP contribution is -1.99. The van der Waals surface area contributed by atoms with Gasteiger partial charge in [0.2, 0.25) is 0 Å². The van der Waals surface area contributed by atoms with Gasteiger partial charge >= 0.3 is 5.97 Å². The van der Waals surface area contributed by atoms with E-state index in [1.165, 1.54) is 6.07 Å². The molecule has 0 saturated carbocycles. The largest absolute Gasteiger partial charge is 0.476 e. The predicted octanol–water partition coefficient (Wildman–Crippen LogP) is 2.33. The van der Waals surface area contributed by atoms with Gasteiger partial charge in [0.05, 0.1) is 11.2 Å². The van der Waals surface area contributed by atoms with E-state index in [2.05, 4.69) is 10.2 Å². The molecule has 3 aromatic rings. The van der Waals surface area contributed by atoms with Gasteiger partial charge < -0.3 is 5.11 Å². The zero-order valence-electron chi connectivity index (χ0n) is 10.8. The summed E-state index contributed by atoms with van der Waals surface area (Å²) < 4.78 is 3.22. The smallest absolute Gasteiger partial charge is 0.356 e. The van der Waals surface area contributed by atoms with Crippen LogP contribution in [0.25, 0.3) is 22.2 Å². The molecule has 0 saturated heterocycles. The Hall–Kier alpha value is -2.34. The van der Waals surface area contributed by atoms with E-state index in [4.69, 9.17) is 16.7 Å². The maximum absolute atomic E-state index is 11.0. The Morgan fingerprint density at radius 1 is 1.25 bits per heavy atom. The molecular weight excluding hydrogens is 280 g/mol. The van der Waals surface area contributed by atoms with Gasteiger partial charge in [0.25, 0.3) is 0 Å². The number of fused-ring (bicyclic) bond motifs is 1. The van der Waals surface area contributed by atoms with Crippen LogP contribution in [0, 0.1) is 0 Å². The molecule has 0 bridgehead atoms. The lowest BCUT2D eigenvalue weighted by molar-refractivity contribution is 0.0689. The van der Waals surface area contributed by atoms with Gasteiger partial charge in [-0.3, -0.25) is 9.36 Å². The Morgan fingerprint density at radius 3 is 2.65 bits per heavy atom. The topological polar surface area (TPSA) is 72.9 Å². The van der Waals surface area contributed by atoms with E-state index in [-0.39, 0.29) is 5.69 Å². The summed E-state index contributed by atoms with van der Waals surface area (Å²) in [5.74, 6) is -1.05. The minimum Gasteiger partial charge on any atom is -0.476 e. The fourth-order valence-corrected chi connectivity index (χ4v) is 2.59.